The van der Waals surface area contributed by atoms with Gasteiger partial charge in [0.15, 0.2) is 4.99 Å². The number of aromatic nitrogens is 4. The first-order valence-corrected chi connectivity index (χ1v) is 13.7. The van der Waals surface area contributed by atoms with Crippen LogP contribution in [0.2, 0.25) is 0 Å². The molecule has 0 bridgehead atoms. The number of hydrogen-bond donors (Lipinski definition) is 4. The molecule has 1 aromatic heterocycles. The zero-order valence-corrected chi connectivity index (χ0v) is 19.7. The maximum atomic E-state index is 12.5. The van der Waals surface area contributed by atoms with Gasteiger partial charge in [0.2, 0.25) is 11.1 Å². The zero-order chi connectivity index (χ0) is 23.9. The summed E-state index contributed by atoms with van der Waals surface area (Å²) in [5.41, 5.74) is 1.49. The van der Waals surface area contributed by atoms with Crippen LogP contribution < -0.4 is 10.5 Å². The molecule has 4 atom stereocenters. The number of nitrogens with zero attached hydrogens (tertiary/aromatic N) is 5. The molecule has 2 aliphatic rings. The van der Waals surface area contributed by atoms with Crippen molar-refractivity contribution in [3.05, 3.63) is 35.4 Å². The molecule has 12 nitrogen and oxygen atoms in total. The van der Waals surface area contributed by atoms with Gasteiger partial charge in [-0.05, 0) is 50.5 Å². The molecule has 2 aliphatic heterocycles. The minimum atomic E-state index is -2.72. The van der Waals surface area contributed by atoms with E-state index in [1.807, 2.05) is 6.26 Å². The molecule has 4 unspecified atom stereocenters. The number of rotatable bonds is 7. The predicted molar refractivity (Wildman–Crippen MR) is 124 cm³/mol. The van der Waals surface area contributed by atoms with Gasteiger partial charge in [0.1, 0.15) is 6.04 Å². The number of tetrazole rings is 1. The lowest BCUT2D eigenvalue weighted by atomic mass is 9.92. The Kier molecular flexibility index (Phi) is 6.26. The molecule has 0 saturated carbocycles. The van der Waals surface area contributed by atoms with Gasteiger partial charge in [-0.25, -0.2) is 9.48 Å². The van der Waals surface area contributed by atoms with E-state index in [1.54, 1.807) is 31.3 Å². The largest absolute Gasteiger partial charge is 0.476 e. The molecule has 33 heavy (non-hydrogen) atoms. The van der Waals surface area contributed by atoms with Crippen LogP contribution in [0.1, 0.15) is 17.5 Å². The van der Waals surface area contributed by atoms with Crippen molar-refractivity contribution >= 4 is 43.8 Å². The minimum Gasteiger partial charge on any atom is -0.476 e. The Labute approximate surface area is 193 Å². The van der Waals surface area contributed by atoms with Crippen LogP contribution in [-0.2, 0) is 33.6 Å². The molecule has 178 valence electrons. The third-order valence-corrected chi connectivity index (χ3v) is 9.29. The number of carboxylic acids is 1. The fourth-order valence-corrected chi connectivity index (χ4v) is 7.22. The number of fused-ring (bicyclic) bond motifs is 1. The van der Waals surface area contributed by atoms with Crippen LogP contribution in [0.25, 0.3) is 0 Å². The lowest BCUT2D eigenvalue weighted by molar-refractivity contribution is -0.148. The number of hydrogen-bond acceptors (Lipinski definition) is 8. The monoisotopic (exact) mass is 495 g/mol. The van der Waals surface area contributed by atoms with Crippen LogP contribution in [-0.4, -0.2) is 81.6 Å². The van der Waals surface area contributed by atoms with E-state index in [2.05, 4.69) is 20.8 Å². The summed E-state index contributed by atoms with van der Waals surface area (Å²) in [4.78, 5) is 38.1. The summed E-state index contributed by atoms with van der Waals surface area (Å²) in [6, 6.07) is 6.05. The predicted octanol–water partition coefficient (Wildman–Crippen LogP) is -0.324. The number of benzene rings is 1. The zero-order valence-electron chi connectivity index (χ0n) is 18.0. The summed E-state index contributed by atoms with van der Waals surface area (Å²) in [7, 11) is -1.60. The number of aryl methyl sites for hydroxylation is 1. The van der Waals surface area contributed by atoms with Crippen molar-refractivity contribution in [1.82, 2.24) is 30.4 Å². The standard InChI is InChI=1S/C19H25N7O5S2/c1-25-19(22-23-24-25)33(20,31)10-12-5-3-11(4-6-12)9-14(27)21-15-13-7-8-32(2)17(18(29)30)26(13)16(15)28/h3-6,13,15,31H,7-10,20H2,1-2H3,(H,21,27)(H,29,30). The third-order valence-electron chi connectivity index (χ3n) is 5.66. The highest BCUT2D eigenvalue weighted by Gasteiger charge is 2.52. The van der Waals surface area contributed by atoms with E-state index in [9.17, 15) is 24.0 Å². The van der Waals surface area contributed by atoms with Crippen LogP contribution >= 0.6 is 21.0 Å². The Hall–Kier alpha value is -2.81. The lowest BCUT2D eigenvalue weighted by Gasteiger charge is -2.50. The summed E-state index contributed by atoms with van der Waals surface area (Å²) in [5.74, 6) is -0.925. The minimum absolute atomic E-state index is 0.0669. The molecule has 1 fully saturated rings. The highest BCUT2D eigenvalue weighted by atomic mass is 32.3. The molecule has 5 N–H and O–H groups in total. The van der Waals surface area contributed by atoms with Crippen molar-refractivity contribution in [3.8, 4) is 0 Å². The van der Waals surface area contributed by atoms with E-state index in [0.29, 0.717) is 12.2 Å². The highest BCUT2D eigenvalue weighted by Crippen LogP contribution is 2.45. The quantitative estimate of drug-likeness (QED) is 0.296. The number of aliphatic carboxylic acids is 1. The topological polar surface area (TPSA) is 177 Å². The van der Waals surface area contributed by atoms with Crippen molar-refractivity contribution in [1.29, 1.82) is 0 Å². The van der Waals surface area contributed by atoms with Gasteiger partial charge in [0.25, 0.3) is 5.91 Å². The average Bonchev–Trinajstić information content (AvgIpc) is 3.20. The highest BCUT2D eigenvalue weighted by molar-refractivity contribution is 8.26. The molecule has 1 saturated heterocycles. The molecule has 2 amide bonds. The maximum Gasteiger partial charge on any atom is 0.358 e. The Morgan fingerprint density at radius 3 is 2.58 bits per heavy atom. The van der Waals surface area contributed by atoms with Gasteiger partial charge in [-0.2, -0.15) is 10.5 Å². The number of carboxylic acid groups (broad SMARTS) is 1. The van der Waals surface area contributed by atoms with Crippen molar-refractivity contribution in [3.63, 3.8) is 0 Å². The molecule has 0 aliphatic carbocycles. The first-order chi connectivity index (χ1) is 15.6. The normalized spacial score (nSPS) is 25.0. The summed E-state index contributed by atoms with van der Waals surface area (Å²) in [6.07, 6.45) is 2.55. The van der Waals surface area contributed by atoms with Crippen LogP contribution in [0.15, 0.2) is 29.4 Å². The van der Waals surface area contributed by atoms with E-state index in [1.165, 1.54) is 9.58 Å². The first-order valence-electron chi connectivity index (χ1n) is 10.0. The fourth-order valence-electron chi connectivity index (χ4n) is 4.07. The summed E-state index contributed by atoms with van der Waals surface area (Å²) < 4.78 is 11.9. The fraction of sp³-hybridized carbons (Fsp3) is 0.421. The van der Waals surface area contributed by atoms with Gasteiger partial charge < -0.3 is 15.0 Å². The Bertz CT molecular complexity index is 1150. The van der Waals surface area contributed by atoms with Gasteiger partial charge in [-0.15, -0.1) is 0 Å². The van der Waals surface area contributed by atoms with Gasteiger partial charge in [0, 0.05) is 12.8 Å². The maximum absolute atomic E-state index is 12.5. The lowest BCUT2D eigenvalue weighted by Crippen LogP contribution is -2.74. The number of amides is 2. The molecular formula is C19H25N7O5S2. The van der Waals surface area contributed by atoms with E-state index < -0.39 is 33.0 Å². The van der Waals surface area contributed by atoms with Crippen molar-refractivity contribution < 1.29 is 24.0 Å². The van der Waals surface area contributed by atoms with E-state index in [-0.39, 0.29) is 40.2 Å². The smallest absolute Gasteiger partial charge is 0.358 e. The summed E-state index contributed by atoms with van der Waals surface area (Å²) >= 11 is 0. The molecule has 2 aromatic rings. The average molecular weight is 496 g/mol. The molecule has 4 rings (SSSR count). The van der Waals surface area contributed by atoms with Gasteiger partial charge in [0.05, 0.1) is 12.5 Å². The van der Waals surface area contributed by atoms with Crippen molar-refractivity contribution in [2.45, 2.75) is 35.8 Å². The van der Waals surface area contributed by atoms with E-state index in [0.717, 1.165) is 11.1 Å². The Balaban J connectivity index is 1.35. The molecular weight excluding hydrogens is 470 g/mol. The van der Waals surface area contributed by atoms with Crippen LogP contribution in [0.3, 0.4) is 0 Å². The van der Waals surface area contributed by atoms with E-state index in [4.69, 9.17) is 5.14 Å². The van der Waals surface area contributed by atoms with E-state index >= 15 is 0 Å². The summed E-state index contributed by atoms with van der Waals surface area (Å²) in [6.45, 7) is 0. The van der Waals surface area contributed by atoms with Gasteiger partial charge in [-0.3, -0.25) is 19.6 Å². The third kappa shape index (κ3) is 4.51. The SMILES string of the molecule is Cn1nnnc1S(N)(O)Cc1ccc(CC(=O)NC2C(=O)N3C(C(=O)O)=S(C)CCC23)cc1. The van der Waals surface area contributed by atoms with Crippen LogP contribution in [0.4, 0.5) is 0 Å². The Morgan fingerprint density at radius 2 is 1.97 bits per heavy atom. The van der Waals surface area contributed by atoms with Crippen molar-refractivity contribution in [2.75, 3.05) is 12.0 Å². The van der Waals surface area contributed by atoms with Gasteiger partial charge in [-0.1, -0.05) is 29.4 Å². The van der Waals surface area contributed by atoms with Crippen molar-refractivity contribution in [2.24, 2.45) is 12.2 Å². The number of nitrogens with one attached hydrogen (secondary N) is 1. The molecule has 1 aromatic carbocycles. The Morgan fingerprint density at radius 1 is 1.30 bits per heavy atom. The second-order valence-electron chi connectivity index (χ2n) is 8.04. The number of carbonyl (C=O) groups excluding carboxylic acids is 2. The molecule has 3 heterocycles. The number of carbonyl (C=O) groups is 3. The van der Waals surface area contributed by atoms with Gasteiger partial charge >= 0.3 is 5.97 Å². The number of β-lactam (4-membered cyclic amide) rings is 1. The molecule has 0 spiro atoms. The molecule has 14 heteroatoms. The first kappa shape index (κ1) is 23.4. The van der Waals surface area contributed by atoms with Crippen LogP contribution in [0, 0.1) is 0 Å². The second-order valence-corrected chi connectivity index (χ2v) is 12.3. The number of nitrogens with two attached hydrogens (primary N) is 1. The van der Waals surface area contributed by atoms with Crippen LogP contribution in [0.5, 0.6) is 0 Å². The second kappa shape index (κ2) is 8.85. The molecule has 0 radical (unpaired) electrons. The summed E-state index contributed by atoms with van der Waals surface area (Å²) in [5, 5.41) is 29.4.